The third-order valence-electron chi connectivity index (χ3n) is 5.77. The number of methoxy groups -OCH3 is 1. The summed E-state index contributed by atoms with van der Waals surface area (Å²) < 4.78 is 5.50. The number of likely N-dealkylation sites (tertiary alicyclic amines) is 1. The molecule has 1 aliphatic rings. The number of hydrogen-bond donors (Lipinski definition) is 1. The molecule has 0 saturated carbocycles. The molecular weight excluding hydrogens is 390 g/mol. The maximum atomic E-state index is 13.1. The number of aliphatic hydroxyl groups is 1. The van der Waals surface area contributed by atoms with Gasteiger partial charge in [0.05, 0.1) is 18.7 Å². The number of amides is 1. The highest BCUT2D eigenvalue weighted by atomic mass is 16.5. The highest BCUT2D eigenvalue weighted by Gasteiger charge is 2.46. The third-order valence-corrected chi connectivity index (χ3v) is 5.77. The molecule has 1 amide bonds. The van der Waals surface area contributed by atoms with Gasteiger partial charge in [-0.2, -0.15) is 0 Å². The zero-order valence-corrected chi connectivity index (χ0v) is 19.2. The molecule has 1 N–H and O–H groups in total. The van der Waals surface area contributed by atoms with Crippen molar-refractivity contribution in [3.63, 3.8) is 0 Å². The lowest BCUT2D eigenvalue weighted by atomic mass is 9.84. The van der Waals surface area contributed by atoms with Crippen LogP contribution in [0.25, 0.3) is 5.76 Å². The molecule has 0 aliphatic carbocycles. The van der Waals surface area contributed by atoms with Crippen molar-refractivity contribution in [2.24, 2.45) is 0 Å². The van der Waals surface area contributed by atoms with Crippen LogP contribution in [0.15, 0.2) is 48.0 Å². The Balaban J connectivity index is 2.25. The fourth-order valence-corrected chi connectivity index (χ4v) is 4.17. The summed E-state index contributed by atoms with van der Waals surface area (Å²) in [4.78, 5) is 27.5. The molecule has 1 fully saturated rings. The standard InChI is InChI=1S/C26H31NO4/c1-7-14-27-22(18-11-9-8-10-16(18)2)21(24(29)25(27)30)23(28)17-12-13-20(31-6)19(15-17)26(3,4)5/h8-13,15,22,28H,7,14H2,1-6H3/b23-21+. The van der Waals surface area contributed by atoms with Gasteiger partial charge in [0.15, 0.2) is 0 Å². The molecule has 0 spiro atoms. The average Bonchev–Trinajstić information content (AvgIpc) is 2.97. The Bertz CT molecular complexity index is 1050. The van der Waals surface area contributed by atoms with E-state index >= 15 is 0 Å². The molecule has 2 aromatic carbocycles. The normalized spacial score (nSPS) is 18.5. The molecule has 2 aromatic rings. The number of aliphatic hydroxyl groups excluding tert-OH is 1. The van der Waals surface area contributed by atoms with E-state index in [0.717, 1.165) is 16.7 Å². The largest absolute Gasteiger partial charge is 0.507 e. The van der Waals surface area contributed by atoms with Gasteiger partial charge in [0.25, 0.3) is 11.7 Å². The zero-order valence-electron chi connectivity index (χ0n) is 19.2. The van der Waals surface area contributed by atoms with Crippen LogP contribution < -0.4 is 4.74 Å². The van der Waals surface area contributed by atoms with Crippen molar-refractivity contribution >= 4 is 17.4 Å². The van der Waals surface area contributed by atoms with Crippen molar-refractivity contribution in [2.45, 2.75) is 52.5 Å². The van der Waals surface area contributed by atoms with E-state index in [1.807, 2.05) is 44.2 Å². The van der Waals surface area contributed by atoms with Crippen LogP contribution in [-0.4, -0.2) is 35.4 Å². The van der Waals surface area contributed by atoms with Gasteiger partial charge in [-0.15, -0.1) is 0 Å². The van der Waals surface area contributed by atoms with Crippen molar-refractivity contribution < 1.29 is 19.4 Å². The first-order valence-corrected chi connectivity index (χ1v) is 10.6. The van der Waals surface area contributed by atoms with Crippen molar-refractivity contribution in [2.75, 3.05) is 13.7 Å². The molecule has 1 heterocycles. The Hall–Kier alpha value is -3.08. The number of ether oxygens (including phenoxy) is 1. The number of benzene rings is 2. The van der Waals surface area contributed by atoms with Gasteiger partial charge in [-0.3, -0.25) is 9.59 Å². The molecule has 31 heavy (non-hydrogen) atoms. The number of carbonyl (C=O) groups excluding carboxylic acids is 2. The van der Waals surface area contributed by atoms with E-state index in [4.69, 9.17) is 4.74 Å². The van der Waals surface area contributed by atoms with Crippen LogP contribution in [0.1, 0.15) is 62.4 Å². The summed E-state index contributed by atoms with van der Waals surface area (Å²) in [6.45, 7) is 10.5. The number of nitrogens with zero attached hydrogens (tertiary/aromatic N) is 1. The van der Waals surface area contributed by atoms with E-state index in [1.54, 1.807) is 24.1 Å². The number of Topliss-reactive ketones (excluding diaryl/α,β-unsaturated/α-hetero) is 1. The average molecular weight is 422 g/mol. The quantitative estimate of drug-likeness (QED) is 0.413. The van der Waals surface area contributed by atoms with Crippen molar-refractivity contribution in [1.29, 1.82) is 0 Å². The summed E-state index contributed by atoms with van der Waals surface area (Å²) in [6.07, 6.45) is 0.714. The molecule has 164 valence electrons. The van der Waals surface area contributed by atoms with E-state index in [0.29, 0.717) is 24.3 Å². The second-order valence-corrected chi connectivity index (χ2v) is 9.01. The first-order valence-electron chi connectivity index (χ1n) is 10.6. The SMILES string of the molecule is CCCN1C(=O)C(=O)/C(=C(/O)c2ccc(OC)c(C(C)(C)C)c2)C1c1ccccc1C. The van der Waals surface area contributed by atoms with Crippen LogP contribution >= 0.6 is 0 Å². The summed E-state index contributed by atoms with van der Waals surface area (Å²) in [6, 6.07) is 12.4. The molecule has 5 heteroatoms. The predicted octanol–water partition coefficient (Wildman–Crippen LogP) is 5.13. The first kappa shape index (κ1) is 22.6. The van der Waals surface area contributed by atoms with E-state index < -0.39 is 17.7 Å². The molecule has 0 aromatic heterocycles. The van der Waals surface area contributed by atoms with Gasteiger partial charge in [0.2, 0.25) is 0 Å². The van der Waals surface area contributed by atoms with Gasteiger partial charge in [-0.1, -0.05) is 52.0 Å². The molecule has 0 bridgehead atoms. The van der Waals surface area contributed by atoms with Gasteiger partial charge >= 0.3 is 0 Å². The van der Waals surface area contributed by atoms with Crippen LogP contribution in [0.2, 0.25) is 0 Å². The molecule has 5 nitrogen and oxygen atoms in total. The third kappa shape index (κ3) is 4.09. The molecule has 0 radical (unpaired) electrons. The van der Waals surface area contributed by atoms with Crippen LogP contribution in [0.4, 0.5) is 0 Å². The van der Waals surface area contributed by atoms with Crippen molar-refractivity contribution in [3.8, 4) is 5.75 Å². The minimum Gasteiger partial charge on any atom is -0.507 e. The molecule has 1 unspecified atom stereocenters. The molecule has 1 saturated heterocycles. The Morgan fingerprint density at radius 3 is 2.39 bits per heavy atom. The minimum atomic E-state index is -0.646. The lowest BCUT2D eigenvalue weighted by Crippen LogP contribution is -2.30. The topological polar surface area (TPSA) is 66.8 Å². The summed E-state index contributed by atoms with van der Waals surface area (Å²) in [5.41, 5.74) is 3.13. The summed E-state index contributed by atoms with van der Waals surface area (Å²) in [7, 11) is 1.61. The monoisotopic (exact) mass is 421 g/mol. The van der Waals surface area contributed by atoms with Gasteiger partial charge in [0, 0.05) is 17.7 Å². The van der Waals surface area contributed by atoms with Gasteiger partial charge in [-0.25, -0.2) is 0 Å². The molecular formula is C26H31NO4. The summed E-state index contributed by atoms with van der Waals surface area (Å²) in [5, 5.41) is 11.3. The number of rotatable bonds is 5. The Kier molecular flexibility index (Phi) is 6.25. The van der Waals surface area contributed by atoms with Crippen molar-refractivity contribution in [3.05, 3.63) is 70.3 Å². The van der Waals surface area contributed by atoms with Crippen molar-refractivity contribution in [1.82, 2.24) is 4.90 Å². The van der Waals surface area contributed by atoms with Crippen LogP contribution in [0.3, 0.4) is 0 Å². The Labute approximate surface area is 184 Å². The van der Waals surface area contributed by atoms with Crippen LogP contribution in [0.5, 0.6) is 5.75 Å². The number of aryl methyl sites for hydroxylation is 1. The fraction of sp³-hybridized carbons (Fsp3) is 0.385. The van der Waals surface area contributed by atoms with Gasteiger partial charge in [0.1, 0.15) is 11.5 Å². The molecule has 3 rings (SSSR count). The van der Waals surface area contributed by atoms with E-state index in [9.17, 15) is 14.7 Å². The highest BCUT2D eigenvalue weighted by Crippen LogP contribution is 2.41. The zero-order chi connectivity index (χ0) is 22.9. The smallest absolute Gasteiger partial charge is 0.295 e. The lowest BCUT2D eigenvalue weighted by Gasteiger charge is -2.26. The molecule has 1 aliphatic heterocycles. The first-order chi connectivity index (χ1) is 14.6. The second kappa shape index (κ2) is 8.58. The number of hydrogen-bond acceptors (Lipinski definition) is 4. The Morgan fingerprint density at radius 1 is 1.13 bits per heavy atom. The van der Waals surface area contributed by atoms with Crippen LogP contribution in [0, 0.1) is 6.92 Å². The second-order valence-electron chi connectivity index (χ2n) is 9.01. The minimum absolute atomic E-state index is 0.137. The maximum absolute atomic E-state index is 13.1. The van der Waals surface area contributed by atoms with E-state index in [1.165, 1.54) is 0 Å². The van der Waals surface area contributed by atoms with Crippen LogP contribution in [-0.2, 0) is 15.0 Å². The molecule has 1 atom stereocenters. The maximum Gasteiger partial charge on any atom is 0.295 e. The van der Waals surface area contributed by atoms with E-state index in [2.05, 4.69) is 20.8 Å². The predicted molar refractivity (Wildman–Crippen MR) is 122 cm³/mol. The van der Waals surface area contributed by atoms with Gasteiger partial charge < -0.3 is 14.7 Å². The highest BCUT2D eigenvalue weighted by molar-refractivity contribution is 6.46. The van der Waals surface area contributed by atoms with E-state index in [-0.39, 0.29) is 16.7 Å². The fourth-order valence-electron chi connectivity index (χ4n) is 4.17. The Morgan fingerprint density at radius 2 is 1.81 bits per heavy atom. The lowest BCUT2D eigenvalue weighted by molar-refractivity contribution is -0.139. The van der Waals surface area contributed by atoms with Gasteiger partial charge in [-0.05, 0) is 48.1 Å². The number of carbonyl (C=O) groups is 2. The number of ketones is 1. The summed E-state index contributed by atoms with van der Waals surface area (Å²) in [5.74, 6) is -0.655. The summed E-state index contributed by atoms with van der Waals surface area (Å²) >= 11 is 0.